The number of phenolic OH excluding ortho intramolecular Hbond substituents is 1. The van der Waals surface area contributed by atoms with Gasteiger partial charge in [-0.3, -0.25) is 4.98 Å². The Morgan fingerprint density at radius 3 is 2.61 bits per heavy atom. The van der Waals surface area contributed by atoms with E-state index >= 15 is 0 Å². The number of pyridine rings is 1. The zero-order valence-corrected chi connectivity index (χ0v) is 9.45. The Kier molecular flexibility index (Phi) is 2.53. The molecule has 2 aromatic heterocycles. The summed E-state index contributed by atoms with van der Waals surface area (Å²) in [4.78, 5) is 4.18. The third-order valence-electron chi connectivity index (χ3n) is 2.64. The van der Waals surface area contributed by atoms with Crippen molar-refractivity contribution < 1.29 is 9.63 Å². The summed E-state index contributed by atoms with van der Waals surface area (Å²) in [6.07, 6.45) is 5.05. The normalized spacial score (nSPS) is 10.4. The second-order valence-electron chi connectivity index (χ2n) is 3.89. The Bertz CT molecular complexity index is 663. The molecule has 0 unspecified atom stereocenters. The summed E-state index contributed by atoms with van der Waals surface area (Å²) in [7, 11) is 0. The predicted octanol–water partition coefficient (Wildman–Crippen LogP) is 3.11. The van der Waals surface area contributed by atoms with E-state index in [1.165, 1.54) is 0 Å². The van der Waals surface area contributed by atoms with Gasteiger partial charge in [-0.15, -0.1) is 0 Å². The van der Waals surface area contributed by atoms with Gasteiger partial charge in [-0.1, -0.05) is 17.3 Å². The van der Waals surface area contributed by atoms with Crippen LogP contribution in [0.5, 0.6) is 5.75 Å². The van der Waals surface area contributed by atoms with E-state index in [4.69, 9.17) is 4.52 Å². The highest BCUT2D eigenvalue weighted by Gasteiger charge is 2.05. The van der Waals surface area contributed by atoms with Crippen LogP contribution in [0.3, 0.4) is 0 Å². The molecular weight excluding hydrogens is 228 g/mol. The minimum Gasteiger partial charge on any atom is -0.508 e. The molecule has 4 nitrogen and oxygen atoms in total. The van der Waals surface area contributed by atoms with Gasteiger partial charge in [0, 0.05) is 29.6 Å². The van der Waals surface area contributed by atoms with Gasteiger partial charge in [0.15, 0.2) is 5.76 Å². The number of hydrogen-bond donors (Lipinski definition) is 1. The number of hydrogen-bond acceptors (Lipinski definition) is 4. The molecule has 88 valence electrons. The molecule has 0 aliphatic heterocycles. The molecule has 3 aromatic rings. The van der Waals surface area contributed by atoms with Crippen molar-refractivity contribution >= 4 is 0 Å². The van der Waals surface area contributed by atoms with Gasteiger partial charge >= 0.3 is 0 Å². The molecule has 0 amide bonds. The first kappa shape index (κ1) is 10.5. The zero-order valence-electron chi connectivity index (χ0n) is 9.45. The van der Waals surface area contributed by atoms with Crippen molar-refractivity contribution in [1.29, 1.82) is 0 Å². The van der Waals surface area contributed by atoms with Crippen LogP contribution in [0.4, 0.5) is 0 Å². The largest absolute Gasteiger partial charge is 0.508 e. The lowest BCUT2D eigenvalue weighted by molar-refractivity contribution is 0.432. The molecule has 1 N–H and O–H groups in total. The van der Waals surface area contributed by atoms with Gasteiger partial charge in [0.1, 0.15) is 5.75 Å². The summed E-state index contributed by atoms with van der Waals surface area (Å²) in [6.45, 7) is 0. The molecule has 0 aliphatic carbocycles. The molecule has 0 radical (unpaired) electrons. The maximum Gasteiger partial charge on any atom is 0.168 e. The van der Waals surface area contributed by atoms with Crippen LogP contribution in [0.25, 0.3) is 22.5 Å². The lowest BCUT2D eigenvalue weighted by Gasteiger charge is -2.03. The first-order valence-corrected chi connectivity index (χ1v) is 5.48. The Labute approximate surface area is 104 Å². The number of nitrogens with zero attached hydrogens (tertiary/aromatic N) is 2. The van der Waals surface area contributed by atoms with E-state index in [1.54, 1.807) is 42.9 Å². The summed E-state index contributed by atoms with van der Waals surface area (Å²) in [5, 5.41) is 13.2. The third-order valence-corrected chi connectivity index (χ3v) is 2.64. The van der Waals surface area contributed by atoms with E-state index < -0.39 is 0 Å². The number of benzene rings is 1. The second-order valence-corrected chi connectivity index (χ2v) is 3.89. The Balaban J connectivity index is 2.06. The van der Waals surface area contributed by atoms with E-state index in [0.29, 0.717) is 5.76 Å². The van der Waals surface area contributed by atoms with Crippen LogP contribution >= 0.6 is 0 Å². The minimum absolute atomic E-state index is 0.234. The van der Waals surface area contributed by atoms with Crippen LogP contribution in [0.15, 0.2) is 59.5 Å². The van der Waals surface area contributed by atoms with Crippen molar-refractivity contribution in [3.05, 3.63) is 55.0 Å². The second kappa shape index (κ2) is 4.33. The first-order chi connectivity index (χ1) is 8.83. The van der Waals surface area contributed by atoms with E-state index in [9.17, 15) is 5.11 Å². The van der Waals surface area contributed by atoms with Crippen LogP contribution in [-0.2, 0) is 0 Å². The van der Waals surface area contributed by atoms with Crippen molar-refractivity contribution in [1.82, 2.24) is 10.1 Å². The van der Waals surface area contributed by atoms with Crippen molar-refractivity contribution in [2.24, 2.45) is 0 Å². The average molecular weight is 238 g/mol. The predicted molar refractivity (Wildman–Crippen MR) is 66.8 cm³/mol. The molecule has 4 heteroatoms. The molecule has 3 rings (SSSR count). The molecule has 0 saturated carbocycles. The van der Waals surface area contributed by atoms with Crippen LogP contribution in [0, 0.1) is 0 Å². The smallest absolute Gasteiger partial charge is 0.168 e. The summed E-state index contributed by atoms with van der Waals surface area (Å²) >= 11 is 0. The summed E-state index contributed by atoms with van der Waals surface area (Å²) in [6, 6.07) is 10.8. The quantitative estimate of drug-likeness (QED) is 0.745. The molecule has 1 aromatic carbocycles. The van der Waals surface area contributed by atoms with E-state index in [1.807, 2.05) is 12.1 Å². The molecule has 18 heavy (non-hydrogen) atoms. The molecule has 0 spiro atoms. The molecule has 2 heterocycles. The van der Waals surface area contributed by atoms with E-state index in [-0.39, 0.29) is 5.75 Å². The highest BCUT2D eigenvalue weighted by atomic mass is 16.5. The lowest BCUT2D eigenvalue weighted by Crippen LogP contribution is -1.82. The van der Waals surface area contributed by atoms with Crippen molar-refractivity contribution in [2.45, 2.75) is 0 Å². The fraction of sp³-hybridized carbons (Fsp3) is 0. The van der Waals surface area contributed by atoms with Gasteiger partial charge < -0.3 is 9.63 Å². The van der Waals surface area contributed by atoms with E-state index in [2.05, 4.69) is 10.1 Å². The van der Waals surface area contributed by atoms with Gasteiger partial charge in [0.25, 0.3) is 0 Å². The Morgan fingerprint density at radius 1 is 0.944 bits per heavy atom. The standard InChI is InChI=1S/C14H10N2O2/c17-13-3-1-2-10(7-13)11-6-12(9-15-8-11)14-4-5-16-18-14/h1-9,17H. The third kappa shape index (κ3) is 1.96. The van der Waals surface area contributed by atoms with Crippen molar-refractivity contribution in [3.8, 4) is 28.2 Å². The Morgan fingerprint density at radius 2 is 1.83 bits per heavy atom. The van der Waals surface area contributed by atoms with Gasteiger partial charge in [-0.05, 0) is 23.8 Å². The molecule has 0 saturated heterocycles. The first-order valence-electron chi connectivity index (χ1n) is 5.48. The Hall–Kier alpha value is -2.62. The van der Waals surface area contributed by atoms with Gasteiger partial charge in [-0.25, -0.2) is 0 Å². The van der Waals surface area contributed by atoms with Gasteiger partial charge in [-0.2, -0.15) is 0 Å². The SMILES string of the molecule is Oc1cccc(-c2cncc(-c3ccno3)c2)c1. The topological polar surface area (TPSA) is 59.2 Å². The number of aromatic hydroxyl groups is 1. The van der Waals surface area contributed by atoms with Crippen LogP contribution in [-0.4, -0.2) is 15.2 Å². The van der Waals surface area contributed by atoms with E-state index in [0.717, 1.165) is 16.7 Å². The summed E-state index contributed by atoms with van der Waals surface area (Å²) < 4.78 is 5.09. The molecular formula is C14H10N2O2. The average Bonchev–Trinajstić information content (AvgIpc) is 2.93. The lowest BCUT2D eigenvalue weighted by atomic mass is 10.1. The van der Waals surface area contributed by atoms with Crippen molar-refractivity contribution in [2.75, 3.05) is 0 Å². The number of rotatable bonds is 2. The van der Waals surface area contributed by atoms with Gasteiger partial charge in [0.2, 0.25) is 0 Å². The fourth-order valence-electron chi connectivity index (χ4n) is 1.78. The molecule has 0 atom stereocenters. The molecule has 0 bridgehead atoms. The van der Waals surface area contributed by atoms with Crippen LogP contribution in [0.2, 0.25) is 0 Å². The number of aromatic nitrogens is 2. The minimum atomic E-state index is 0.234. The summed E-state index contributed by atoms with van der Waals surface area (Å²) in [5.74, 6) is 0.905. The summed E-state index contributed by atoms with van der Waals surface area (Å²) in [5.41, 5.74) is 2.68. The van der Waals surface area contributed by atoms with Crippen LogP contribution < -0.4 is 0 Å². The molecule has 0 aliphatic rings. The monoisotopic (exact) mass is 238 g/mol. The maximum atomic E-state index is 9.48. The number of phenols is 1. The zero-order chi connectivity index (χ0) is 12.4. The van der Waals surface area contributed by atoms with Crippen LogP contribution in [0.1, 0.15) is 0 Å². The van der Waals surface area contributed by atoms with Crippen molar-refractivity contribution in [3.63, 3.8) is 0 Å². The fourth-order valence-corrected chi connectivity index (χ4v) is 1.78. The molecule has 0 fully saturated rings. The maximum absolute atomic E-state index is 9.48. The highest BCUT2D eigenvalue weighted by molar-refractivity contribution is 5.70. The van der Waals surface area contributed by atoms with Gasteiger partial charge in [0.05, 0.1) is 6.20 Å². The highest BCUT2D eigenvalue weighted by Crippen LogP contribution is 2.26.